The predicted octanol–water partition coefficient (Wildman–Crippen LogP) is 3.85. The maximum absolute atomic E-state index is 4.54. The van der Waals surface area contributed by atoms with Gasteiger partial charge in [0.2, 0.25) is 0 Å². The molecule has 0 unspecified atom stereocenters. The topological polar surface area (TPSA) is 18.5 Å². The average Bonchev–Trinajstić information content (AvgIpc) is 1.88. The zero-order chi connectivity index (χ0) is 6.83. The maximum Gasteiger partial charge on any atom is 0.0433 e. The maximum atomic E-state index is 4.54. The molecule has 0 N–H and O–H groups in total. The highest BCUT2D eigenvalue weighted by atomic mass is 16.5. The molecular formula is C10H32O2. The normalized spacial score (nSPS) is 5.00. The minimum absolute atomic E-state index is 0. The summed E-state index contributed by atoms with van der Waals surface area (Å²) in [7, 11) is 3.36. The summed E-state index contributed by atoms with van der Waals surface area (Å²) in [5.41, 5.74) is 0. The van der Waals surface area contributed by atoms with Crippen molar-refractivity contribution in [3.63, 3.8) is 0 Å². The van der Waals surface area contributed by atoms with Gasteiger partial charge in [-0.3, -0.25) is 0 Å². The Morgan fingerprint density at radius 2 is 0.750 bits per heavy atom. The van der Waals surface area contributed by atoms with E-state index in [1.807, 2.05) is 13.8 Å². The van der Waals surface area contributed by atoms with E-state index in [4.69, 9.17) is 0 Å². The van der Waals surface area contributed by atoms with E-state index in [2.05, 4.69) is 9.47 Å². The lowest BCUT2D eigenvalue weighted by Gasteiger charge is -1.76. The second-order valence-corrected chi connectivity index (χ2v) is 1.15. The first-order chi connectivity index (χ1) is 3.83. The molecule has 84 valence electrons. The van der Waals surface area contributed by atoms with Gasteiger partial charge >= 0.3 is 0 Å². The largest absolute Gasteiger partial charge is 0.385 e. The monoisotopic (exact) mass is 184 g/mol. The van der Waals surface area contributed by atoms with Crippen LogP contribution in [0.5, 0.6) is 0 Å². The zero-order valence-electron chi connectivity index (χ0n) is 6.23. The molecule has 0 aliphatic carbocycles. The molecule has 0 aromatic carbocycles. The van der Waals surface area contributed by atoms with E-state index in [9.17, 15) is 0 Å². The number of hydrogen-bond donors (Lipinski definition) is 0. The lowest BCUT2D eigenvalue weighted by Crippen LogP contribution is -1.73. The lowest BCUT2D eigenvalue weighted by molar-refractivity contribution is 0.215. The van der Waals surface area contributed by atoms with E-state index < -0.39 is 0 Å². The van der Waals surface area contributed by atoms with Crippen molar-refractivity contribution < 1.29 is 9.47 Å². The molecule has 0 atom stereocenters. The molecule has 0 radical (unpaired) electrons. The molecular weight excluding hydrogens is 152 g/mol. The van der Waals surface area contributed by atoms with Gasteiger partial charge in [0.25, 0.3) is 0 Å². The van der Waals surface area contributed by atoms with Crippen LogP contribution in [0.3, 0.4) is 0 Å². The Morgan fingerprint density at radius 1 is 0.667 bits per heavy atom. The Hall–Kier alpha value is -0.0800. The van der Waals surface area contributed by atoms with Crippen LogP contribution in [0.15, 0.2) is 0 Å². The van der Waals surface area contributed by atoms with E-state index >= 15 is 0 Å². The van der Waals surface area contributed by atoms with Crippen LogP contribution in [0, 0.1) is 0 Å². The molecule has 0 bridgehead atoms. The van der Waals surface area contributed by atoms with Crippen LogP contribution in [-0.2, 0) is 9.47 Å². The summed E-state index contributed by atoms with van der Waals surface area (Å²) in [5, 5.41) is 0. The van der Waals surface area contributed by atoms with Crippen LogP contribution >= 0.6 is 0 Å². The second kappa shape index (κ2) is 69.9. The number of methoxy groups -OCH3 is 2. The SMILES string of the molecule is C.C.C.C.CCOC.CCOC. The summed E-state index contributed by atoms with van der Waals surface area (Å²) in [6, 6.07) is 0. The third kappa shape index (κ3) is 214. The Kier molecular flexibility index (Phi) is 236. The molecule has 0 saturated carbocycles. The Labute approximate surface area is 81.3 Å². The van der Waals surface area contributed by atoms with Gasteiger partial charge in [-0.15, -0.1) is 0 Å². The number of ether oxygens (including phenoxy) is 2. The van der Waals surface area contributed by atoms with E-state index in [1.54, 1.807) is 14.2 Å². The minimum Gasteiger partial charge on any atom is -0.385 e. The third-order valence-electron chi connectivity index (χ3n) is 0.577. The van der Waals surface area contributed by atoms with E-state index in [0.29, 0.717) is 0 Å². The average molecular weight is 184 g/mol. The highest BCUT2D eigenvalue weighted by Crippen LogP contribution is 1.52. The van der Waals surface area contributed by atoms with Crippen LogP contribution in [0.25, 0.3) is 0 Å². The molecule has 0 saturated heterocycles. The van der Waals surface area contributed by atoms with Crippen LogP contribution < -0.4 is 0 Å². The fourth-order valence-corrected chi connectivity index (χ4v) is 0. The fraction of sp³-hybridized carbons (Fsp3) is 1.00. The summed E-state index contributed by atoms with van der Waals surface area (Å²) >= 11 is 0. The quantitative estimate of drug-likeness (QED) is 0.649. The molecule has 2 nitrogen and oxygen atoms in total. The Bertz CT molecular complexity index is 15.8. The van der Waals surface area contributed by atoms with Crippen molar-refractivity contribution in [2.45, 2.75) is 43.6 Å². The molecule has 0 aromatic rings. The van der Waals surface area contributed by atoms with Gasteiger partial charge in [0.15, 0.2) is 0 Å². The van der Waals surface area contributed by atoms with Crippen molar-refractivity contribution in [3.8, 4) is 0 Å². The molecule has 0 aromatic heterocycles. The van der Waals surface area contributed by atoms with Crippen LogP contribution in [0.2, 0.25) is 0 Å². The van der Waals surface area contributed by atoms with Gasteiger partial charge in [0, 0.05) is 27.4 Å². The summed E-state index contributed by atoms with van der Waals surface area (Å²) < 4.78 is 9.08. The summed E-state index contributed by atoms with van der Waals surface area (Å²) in [5.74, 6) is 0. The molecule has 0 fully saturated rings. The van der Waals surface area contributed by atoms with Crippen molar-refractivity contribution in [3.05, 3.63) is 0 Å². The first-order valence-corrected chi connectivity index (χ1v) is 2.81. The van der Waals surface area contributed by atoms with Crippen molar-refractivity contribution in [1.29, 1.82) is 0 Å². The second-order valence-electron chi connectivity index (χ2n) is 1.15. The summed E-state index contributed by atoms with van der Waals surface area (Å²) in [6.45, 7) is 5.56. The Morgan fingerprint density at radius 3 is 0.750 bits per heavy atom. The van der Waals surface area contributed by atoms with Gasteiger partial charge in [0.05, 0.1) is 0 Å². The standard InChI is InChI=1S/2C3H8O.4CH4/c2*1-3-4-2;;;;/h2*3H2,1-2H3;4*1H4. The molecule has 0 amide bonds. The lowest BCUT2D eigenvalue weighted by atomic mass is 10.9. The van der Waals surface area contributed by atoms with Gasteiger partial charge in [-0.1, -0.05) is 29.7 Å². The van der Waals surface area contributed by atoms with Crippen molar-refractivity contribution >= 4 is 0 Å². The number of rotatable bonds is 2. The summed E-state index contributed by atoms with van der Waals surface area (Å²) in [6.07, 6.45) is 0. The van der Waals surface area contributed by atoms with Crippen LogP contribution in [0.1, 0.15) is 43.6 Å². The van der Waals surface area contributed by atoms with E-state index in [0.717, 1.165) is 13.2 Å². The van der Waals surface area contributed by atoms with Crippen molar-refractivity contribution in [1.82, 2.24) is 0 Å². The molecule has 0 spiro atoms. The molecule has 0 heterocycles. The van der Waals surface area contributed by atoms with Gasteiger partial charge in [-0.05, 0) is 13.8 Å². The van der Waals surface area contributed by atoms with Gasteiger partial charge < -0.3 is 9.47 Å². The smallest absolute Gasteiger partial charge is 0.0433 e. The van der Waals surface area contributed by atoms with E-state index in [1.165, 1.54) is 0 Å². The summed E-state index contributed by atoms with van der Waals surface area (Å²) in [4.78, 5) is 0. The molecule has 2 heteroatoms. The minimum atomic E-state index is 0. The van der Waals surface area contributed by atoms with Crippen molar-refractivity contribution in [2.75, 3.05) is 27.4 Å². The molecule has 0 aliphatic heterocycles. The fourth-order valence-electron chi connectivity index (χ4n) is 0. The Balaban J connectivity index is -0.0000000112. The zero-order valence-corrected chi connectivity index (χ0v) is 6.23. The first-order valence-electron chi connectivity index (χ1n) is 2.81. The third-order valence-corrected chi connectivity index (χ3v) is 0.577. The van der Waals surface area contributed by atoms with Crippen LogP contribution in [-0.4, -0.2) is 27.4 Å². The highest BCUT2D eigenvalue weighted by molar-refractivity contribution is 3.95. The van der Waals surface area contributed by atoms with Crippen LogP contribution in [0.4, 0.5) is 0 Å². The molecule has 12 heavy (non-hydrogen) atoms. The molecule has 0 aliphatic rings. The van der Waals surface area contributed by atoms with Crippen molar-refractivity contribution in [2.24, 2.45) is 0 Å². The van der Waals surface area contributed by atoms with Gasteiger partial charge in [-0.25, -0.2) is 0 Å². The van der Waals surface area contributed by atoms with E-state index in [-0.39, 0.29) is 29.7 Å². The molecule has 0 rings (SSSR count). The first kappa shape index (κ1) is 40.6. The van der Waals surface area contributed by atoms with Gasteiger partial charge in [-0.2, -0.15) is 0 Å². The highest BCUT2D eigenvalue weighted by Gasteiger charge is 1.51. The predicted molar refractivity (Wildman–Crippen MR) is 62.0 cm³/mol. The number of hydrogen-bond acceptors (Lipinski definition) is 2. The van der Waals surface area contributed by atoms with Gasteiger partial charge in [0.1, 0.15) is 0 Å².